The number of benzene rings is 2. The van der Waals surface area contributed by atoms with Gasteiger partial charge in [-0.15, -0.1) is 0 Å². The van der Waals surface area contributed by atoms with Gasteiger partial charge in [0.1, 0.15) is 5.82 Å². The fraction of sp³-hybridized carbons (Fsp3) is 0.125. The van der Waals surface area contributed by atoms with E-state index in [-0.39, 0.29) is 11.3 Å². The lowest BCUT2D eigenvalue weighted by molar-refractivity contribution is -0.137. The van der Waals surface area contributed by atoms with Gasteiger partial charge < -0.3 is 4.18 Å². The molecule has 0 saturated heterocycles. The molecule has 3 nitrogen and oxygen atoms in total. The van der Waals surface area contributed by atoms with Crippen LogP contribution in [0.1, 0.15) is 16.7 Å². The number of rotatable bonds is 2. The summed E-state index contributed by atoms with van der Waals surface area (Å²) < 4.78 is 80.4. The van der Waals surface area contributed by atoms with Crippen molar-refractivity contribution in [1.82, 2.24) is 0 Å². The van der Waals surface area contributed by atoms with Crippen LogP contribution in [0, 0.1) is 5.82 Å². The molecule has 0 aromatic heterocycles. The molecule has 0 bridgehead atoms. The Kier molecular flexibility index (Phi) is 4.32. The predicted octanol–water partition coefficient (Wildman–Crippen LogP) is 4.78. The van der Waals surface area contributed by atoms with Crippen LogP contribution in [-0.4, -0.2) is 14.7 Å². The SMILES string of the molecule is CS(=O)(=O)OC1=Cc2ccc(F)cc2Sc2ccc(C(F)(F)F)cc21. The average molecular weight is 390 g/mol. The summed E-state index contributed by atoms with van der Waals surface area (Å²) in [5.74, 6) is -0.762. The first-order valence-corrected chi connectivity index (χ1v) is 9.46. The number of hydrogen-bond acceptors (Lipinski definition) is 4. The molecule has 2 aromatic carbocycles. The third-order valence-electron chi connectivity index (χ3n) is 3.30. The van der Waals surface area contributed by atoms with Crippen molar-refractivity contribution < 1.29 is 30.2 Å². The maximum Gasteiger partial charge on any atom is 0.416 e. The summed E-state index contributed by atoms with van der Waals surface area (Å²) in [7, 11) is -3.97. The highest BCUT2D eigenvalue weighted by Gasteiger charge is 2.32. The second-order valence-electron chi connectivity index (χ2n) is 5.29. The molecule has 0 fully saturated rings. The first-order valence-electron chi connectivity index (χ1n) is 6.83. The highest BCUT2D eigenvalue weighted by atomic mass is 32.2. The molecule has 1 aliphatic heterocycles. The Labute approximate surface area is 145 Å². The standard InChI is InChI=1S/C16H10F4O3S2/c1-25(21,22)23-13-6-9-2-4-11(17)8-15(9)24-14-5-3-10(7-12(13)14)16(18,19)20/h2-8H,1H3. The number of alkyl halides is 3. The molecule has 1 aliphatic rings. The Bertz CT molecular complexity index is 979. The molecular formula is C16H10F4O3S2. The van der Waals surface area contributed by atoms with E-state index >= 15 is 0 Å². The Hall–Kier alpha value is -2.00. The molecule has 1 heterocycles. The normalized spacial score (nSPS) is 14.2. The summed E-state index contributed by atoms with van der Waals surface area (Å²) >= 11 is 1.03. The zero-order valence-corrected chi connectivity index (χ0v) is 14.2. The van der Waals surface area contributed by atoms with E-state index in [1.807, 2.05) is 0 Å². The molecule has 0 atom stereocenters. The van der Waals surface area contributed by atoms with Crippen molar-refractivity contribution in [2.45, 2.75) is 16.0 Å². The molecular weight excluding hydrogens is 380 g/mol. The second-order valence-corrected chi connectivity index (χ2v) is 7.95. The van der Waals surface area contributed by atoms with Crippen LogP contribution in [0.3, 0.4) is 0 Å². The monoisotopic (exact) mass is 390 g/mol. The van der Waals surface area contributed by atoms with Gasteiger partial charge in [-0.3, -0.25) is 0 Å². The fourth-order valence-corrected chi connectivity index (χ4v) is 3.80. The lowest BCUT2D eigenvalue weighted by Crippen LogP contribution is -2.07. The zero-order valence-electron chi connectivity index (χ0n) is 12.6. The molecule has 0 radical (unpaired) electrons. The fourth-order valence-electron chi connectivity index (χ4n) is 2.27. The van der Waals surface area contributed by atoms with Crippen LogP contribution in [0.2, 0.25) is 0 Å². The topological polar surface area (TPSA) is 43.4 Å². The van der Waals surface area contributed by atoms with E-state index in [1.165, 1.54) is 30.3 Å². The van der Waals surface area contributed by atoms with E-state index in [2.05, 4.69) is 0 Å². The number of fused-ring (bicyclic) bond motifs is 2. The van der Waals surface area contributed by atoms with E-state index in [0.717, 1.165) is 30.2 Å². The van der Waals surface area contributed by atoms with Gasteiger partial charge in [0.15, 0.2) is 5.76 Å². The Morgan fingerprint density at radius 2 is 1.76 bits per heavy atom. The van der Waals surface area contributed by atoms with Gasteiger partial charge in [-0.25, -0.2) is 4.39 Å². The maximum atomic E-state index is 13.5. The van der Waals surface area contributed by atoms with Gasteiger partial charge in [-0.1, -0.05) is 17.8 Å². The first-order chi connectivity index (χ1) is 11.5. The highest BCUT2D eigenvalue weighted by molar-refractivity contribution is 7.99. The van der Waals surface area contributed by atoms with Crippen LogP contribution < -0.4 is 0 Å². The van der Waals surface area contributed by atoms with Gasteiger partial charge in [0, 0.05) is 15.4 Å². The molecule has 0 amide bonds. The first kappa shape index (κ1) is 17.8. The van der Waals surface area contributed by atoms with E-state index in [9.17, 15) is 26.0 Å². The van der Waals surface area contributed by atoms with Gasteiger partial charge in [-0.2, -0.15) is 21.6 Å². The molecule has 0 spiro atoms. The van der Waals surface area contributed by atoms with Crippen molar-refractivity contribution >= 4 is 33.7 Å². The van der Waals surface area contributed by atoms with Crippen LogP contribution in [0.5, 0.6) is 0 Å². The molecule has 0 aliphatic carbocycles. The number of halogens is 4. The summed E-state index contributed by atoms with van der Waals surface area (Å²) in [4.78, 5) is 0.764. The minimum absolute atomic E-state index is 0.0261. The van der Waals surface area contributed by atoms with Crippen LogP contribution in [0.25, 0.3) is 11.8 Å². The van der Waals surface area contributed by atoms with Gasteiger partial charge in [0.05, 0.1) is 11.8 Å². The van der Waals surface area contributed by atoms with Crippen LogP contribution in [-0.2, 0) is 20.5 Å². The molecule has 3 rings (SSSR count). The van der Waals surface area contributed by atoms with Crippen molar-refractivity contribution in [2.75, 3.05) is 6.26 Å². The van der Waals surface area contributed by atoms with Gasteiger partial charge in [-0.05, 0) is 42.0 Å². The summed E-state index contributed by atoms with van der Waals surface area (Å²) in [5.41, 5.74) is -0.524. The quantitative estimate of drug-likeness (QED) is 0.547. The third-order valence-corrected chi connectivity index (χ3v) is 4.93. The Morgan fingerprint density at radius 1 is 1.04 bits per heavy atom. The van der Waals surface area contributed by atoms with Crippen molar-refractivity contribution in [3.8, 4) is 0 Å². The van der Waals surface area contributed by atoms with Crippen LogP contribution >= 0.6 is 11.8 Å². The molecule has 0 unspecified atom stereocenters. The Morgan fingerprint density at radius 3 is 2.40 bits per heavy atom. The molecule has 0 saturated carbocycles. The number of hydrogen-bond donors (Lipinski definition) is 0. The molecule has 2 aromatic rings. The van der Waals surface area contributed by atoms with Crippen molar-refractivity contribution in [1.29, 1.82) is 0 Å². The van der Waals surface area contributed by atoms with Gasteiger partial charge >= 0.3 is 16.3 Å². The maximum absolute atomic E-state index is 13.5. The molecule has 0 N–H and O–H groups in total. The molecule has 25 heavy (non-hydrogen) atoms. The lowest BCUT2D eigenvalue weighted by Gasteiger charge is -2.13. The Balaban J connectivity index is 2.24. The summed E-state index contributed by atoms with van der Waals surface area (Å²) in [5, 5.41) is 0. The average Bonchev–Trinajstić information content (AvgIpc) is 2.60. The van der Waals surface area contributed by atoms with Gasteiger partial charge in [0.25, 0.3) is 0 Å². The van der Waals surface area contributed by atoms with E-state index in [4.69, 9.17) is 4.18 Å². The summed E-state index contributed by atoms with van der Waals surface area (Å²) in [6, 6.07) is 6.71. The van der Waals surface area contributed by atoms with Crippen LogP contribution in [0.15, 0.2) is 46.2 Å². The third kappa shape index (κ3) is 3.98. The predicted molar refractivity (Wildman–Crippen MR) is 85.8 cm³/mol. The summed E-state index contributed by atoms with van der Waals surface area (Å²) in [6.45, 7) is 0. The molecule has 9 heteroatoms. The van der Waals surface area contributed by atoms with E-state index in [0.29, 0.717) is 15.4 Å². The van der Waals surface area contributed by atoms with E-state index in [1.54, 1.807) is 0 Å². The van der Waals surface area contributed by atoms with Crippen LogP contribution in [0.4, 0.5) is 17.6 Å². The van der Waals surface area contributed by atoms with Crippen molar-refractivity contribution in [3.63, 3.8) is 0 Å². The highest BCUT2D eigenvalue weighted by Crippen LogP contribution is 2.43. The largest absolute Gasteiger partial charge is 0.416 e. The second kappa shape index (κ2) is 6.06. The van der Waals surface area contributed by atoms with Crippen molar-refractivity contribution in [3.05, 3.63) is 58.9 Å². The lowest BCUT2D eigenvalue weighted by atomic mass is 10.1. The van der Waals surface area contributed by atoms with E-state index < -0.39 is 27.7 Å². The minimum atomic E-state index is -4.60. The summed E-state index contributed by atoms with van der Waals surface area (Å²) in [6.07, 6.45) is -2.51. The smallest absolute Gasteiger partial charge is 0.382 e. The zero-order chi connectivity index (χ0) is 18.4. The van der Waals surface area contributed by atoms with Gasteiger partial charge in [0.2, 0.25) is 0 Å². The molecule has 132 valence electrons. The minimum Gasteiger partial charge on any atom is -0.382 e. The van der Waals surface area contributed by atoms with Crippen molar-refractivity contribution in [2.24, 2.45) is 0 Å².